The maximum absolute atomic E-state index is 12.7. The molecule has 2 aromatic carbocycles. The predicted octanol–water partition coefficient (Wildman–Crippen LogP) is 4.58. The third-order valence-corrected chi connectivity index (χ3v) is 4.76. The van der Waals surface area contributed by atoms with Crippen LogP contribution in [-0.2, 0) is 16.1 Å². The fourth-order valence-corrected chi connectivity index (χ4v) is 2.63. The van der Waals surface area contributed by atoms with E-state index in [1.807, 2.05) is 76.2 Å². The number of aryl methyl sites for hydroxylation is 2. The number of benzene rings is 2. The number of amides is 2. The monoisotopic (exact) mass is 368 g/mol. The first kappa shape index (κ1) is 20.5. The Morgan fingerprint density at radius 1 is 1.04 bits per heavy atom. The van der Waals surface area contributed by atoms with E-state index in [1.165, 1.54) is 0 Å². The summed E-state index contributed by atoms with van der Waals surface area (Å²) in [5.74, 6) is -0.273. The first-order chi connectivity index (χ1) is 12.9. The fourth-order valence-electron chi connectivity index (χ4n) is 2.63. The average molecular weight is 368 g/mol. The zero-order chi connectivity index (χ0) is 19.8. The van der Waals surface area contributed by atoms with Crippen LogP contribution in [0.4, 0.5) is 10.5 Å². The summed E-state index contributed by atoms with van der Waals surface area (Å²) in [4.78, 5) is 24.9. The molecule has 0 aliphatic rings. The largest absolute Gasteiger partial charge is 0.445 e. The summed E-state index contributed by atoms with van der Waals surface area (Å²) in [6.45, 7) is 8.10. The van der Waals surface area contributed by atoms with Crippen LogP contribution in [0.25, 0.3) is 0 Å². The van der Waals surface area contributed by atoms with Gasteiger partial charge < -0.3 is 15.4 Å². The second-order valence-electron chi connectivity index (χ2n) is 6.86. The molecule has 5 heteroatoms. The topological polar surface area (TPSA) is 67.4 Å². The van der Waals surface area contributed by atoms with Gasteiger partial charge in [-0.05, 0) is 48.6 Å². The van der Waals surface area contributed by atoms with Gasteiger partial charge in [0.15, 0.2) is 0 Å². The van der Waals surface area contributed by atoms with E-state index in [2.05, 4.69) is 10.6 Å². The van der Waals surface area contributed by atoms with Crippen LogP contribution in [-0.4, -0.2) is 18.0 Å². The van der Waals surface area contributed by atoms with Crippen molar-refractivity contribution in [2.24, 2.45) is 5.92 Å². The number of hydrogen-bond acceptors (Lipinski definition) is 3. The molecule has 0 aliphatic heterocycles. The highest BCUT2D eigenvalue weighted by Crippen LogP contribution is 2.16. The van der Waals surface area contributed by atoms with E-state index < -0.39 is 12.1 Å². The molecule has 144 valence electrons. The molecule has 0 aliphatic carbocycles. The lowest BCUT2D eigenvalue weighted by Crippen LogP contribution is -2.47. The number of rotatable bonds is 7. The van der Waals surface area contributed by atoms with Crippen molar-refractivity contribution in [3.8, 4) is 0 Å². The van der Waals surface area contributed by atoms with Crippen LogP contribution >= 0.6 is 0 Å². The molecule has 0 radical (unpaired) electrons. The highest BCUT2D eigenvalue weighted by Gasteiger charge is 2.26. The van der Waals surface area contributed by atoms with Crippen LogP contribution < -0.4 is 10.6 Å². The van der Waals surface area contributed by atoms with Gasteiger partial charge in [-0.1, -0.05) is 56.7 Å². The first-order valence-corrected chi connectivity index (χ1v) is 9.26. The Bertz CT molecular complexity index is 774. The van der Waals surface area contributed by atoms with Gasteiger partial charge in [0.1, 0.15) is 12.6 Å². The fraction of sp³-hybridized carbons (Fsp3) is 0.364. The smallest absolute Gasteiger partial charge is 0.408 e. The Hall–Kier alpha value is -2.82. The maximum atomic E-state index is 12.7. The molecule has 0 aromatic heterocycles. The summed E-state index contributed by atoms with van der Waals surface area (Å²) in [6, 6.07) is 14.5. The van der Waals surface area contributed by atoms with Gasteiger partial charge in [0, 0.05) is 5.69 Å². The number of alkyl carbamates (subject to hydrolysis) is 1. The highest BCUT2D eigenvalue weighted by atomic mass is 16.5. The summed E-state index contributed by atoms with van der Waals surface area (Å²) in [6.07, 6.45) is 0.156. The van der Waals surface area contributed by atoms with Gasteiger partial charge in [0.2, 0.25) is 5.91 Å². The third kappa shape index (κ3) is 6.13. The van der Waals surface area contributed by atoms with Gasteiger partial charge in [-0.3, -0.25) is 4.79 Å². The Kier molecular flexibility index (Phi) is 7.41. The van der Waals surface area contributed by atoms with Crippen LogP contribution in [0.5, 0.6) is 0 Å². The molecule has 5 nitrogen and oxygen atoms in total. The number of carbonyl (C=O) groups is 2. The van der Waals surface area contributed by atoms with E-state index in [0.29, 0.717) is 0 Å². The summed E-state index contributed by atoms with van der Waals surface area (Å²) < 4.78 is 5.26. The van der Waals surface area contributed by atoms with Crippen LogP contribution in [0.15, 0.2) is 48.5 Å². The Balaban J connectivity index is 1.99. The number of anilines is 1. The normalized spacial score (nSPS) is 12.7. The molecule has 2 N–H and O–H groups in total. The Labute approximate surface area is 161 Å². The van der Waals surface area contributed by atoms with Gasteiger partial charge in [0.05, 0.1) is 0 Å². The molecule has 2 amide bonds. The lowest BCUT2D eigenvalue weighted by atomic mass is 9.98. The Morgan fingerprint density at radius 3 is 2.37 bits per heavy atom. The van der Waals surface area contributed by atoms with Crippen molar-refractivity contribution in [3.63, 3.8) is 0 Å². The summed E-state index contributed by atoms with van der Waals surface area (Å²) in [5, 5.41) is 5.61. The molecule has 2 atom stereocenters. The molecule has 0 spiro atoms. The molecule has 0 heterocycles. The number of hydrogen-bond donors (Lipinski definition) is 2. The average Bonchev–Trinajstić information content (AvgIpc) is 2.67. The predicted molar refractivity (Wildman–Crippen MR) is 108 cm³/mol. The van der Waals surface area contributed by atoms with Gasteiger partial charge in [-0.25, -0.2) is 4.79 Å². The van der Waals surface area contributed by atoms with Crippen LogP contribution in [0.2, 0.25) is 0 Å². The van der Waals surface area contributed by atoms with Crippen molar-refractivity contribution in [2.75, 3.05) is 5.32 Å². The Morgan fingerprint density at radius 2 is 1.74 bits per heavy atom. The molecule has 2 aromatic rings. The lowest BCUT2D eigenvalue weighted by Gasteiger charge is -2.23. The number of ether oxygens (including phenoxy) is 1. The minimum Gasteiger partial charge on any atom is -0.445 e. The van der Waals surface area contributed by atoms with Crippen LogP contribution in [0, 0.1) is 19.8 Å². The van der Waals surface area contributed by atoms with Gasteiger partial charge >= 0.3 is 6.09 Å². The molecule has 0 saturated carbocycles. The van der Waals surface area contributed by atoms with E-state index >= 15 is 0 Å². The van der Waals surface area contributed by atoms with Gasteiger partial charge in [-0.2, -0.15) is 0 Å². The van der Waals surface area contributed by atoms with Crippen molar-refractivity contribution in [2.45, 2.75) is 46.8 Å². The van der Waals surface area contributed by atoms with E-state index in [0.717, 1.165) is 28.8 Å². The van der Waals surface area contributed by atoms with E-state index in [9.17, 15) is 9.59 Å². The number of nitrogens with one attached hydrogen (secondary N) is 2. The quantitative estimate of drug-likeness (QED) is 0.751. The van der Waals surface area contributed by atoms with Gasteiger partial charge in [0.25, 0.3) is 0 Å². The SMILES string of the molecule is CCC(C)C(NC(=O)OCc1ccccc1)C(=O)Nc1ccc(C)c(C)c1. The van der Waals surface area contributed by atoms with E-state index in [1.54, 1.807) is 0 Å². The van der Waals surface area contributed by atoms with Crippen molar-refractivity contribution < 1.29 is 14.3 Å². The zero-order valence-electron chi connectivity index (χ0n) is 16.4. The molecule has 27 heavy (non-hydrogen) atoms. The third-order valence-electron chi connectivity index (χ3n) is 4.76. The molecule has 0 saturated heterocycles. The summed E-state index contributed by atoms with van der Waals surface area (Å²) in [7, 11) is 0. The molecule has 0 fully saturated rings. The minimum atomic E-state index is -0.667. The second kappa shape index (κ2) is 9.76. The highest BCUT2D eigenvalue weighted by molar-refractivity contribution is 5.96. The molecule has 2 rings (SSSR count). The standard InChI is InChI=1S/C22H28N2O3/c1-5-15(2)20(21(25)23-19-12-11-16(3)17(4)13-19)24-22(26)27-14-18-9-7-6-8-10-18/h6-13,15,20H,5,14H2,1-4H3,(H,23,25)(H,24,26). The lowest BCUT2D eigenvalue weighted by molar-refractivity contribution is -0.119. The zero-order valence-corrected chi connectivity index (χ0v) is 16.4. The second-order valence-corrected chi connectivity index (χ2v) is 6.86. The number of carbonyl (C=O) groups excluding carboxylic acids is 2. The molecular formula is C22H28N2O3. The van der Waals surface area contributed by atoms with E-state index in [-0.39, 0.29) is 18.4 Å². The molecule has 0 bridgehead atoms. The van der Waals surface area contributed by atoms with Gasteiger partial charge in [-0.15, -0.1) is 0 Å². The van der Waals surface area contributed by atoms with E-state index in [4.69, 9.17) is 4.74 Å². The first-order valence-electron chi connectivity index (χ1n) is 9.26. The summed E-state index contributed by atoms with van der Waals surface area (Å²) >= 11 is 0. The maximum Gasteiger partial charge on any atom is 0.408 e. The van der Waals surface area contributed by atoms with Crippen molar-refractivity contribution in [1.82, 2.24) is 5.32 Å². The van der Waals surface area contributed by atoms with Crippen molar-refractivity contribution in [3.05, 3.63) is 65.2 Å². The van der Waals surface area contributed by atoms with Crippen molar-refractivity contribution >= 4 is 17.7 Å². The minimum absolute atomic E-state index is 0.0270. The van der Waals surface area contributed by atoms with Crippen LogP contribution in [0.3, 0.4) is 0 Å². The molecular weight excluding hydrogens is 340 g/mol. The molecule has 2 unspecified atom stereocenters. The van der Waals surface area contributed by atoms with Crippen molar-refractivity contribution in [1.29, 1.82) is 0 Å². The summed E-state index contributed by atoms with van der Waals surface area (Å²) in [5.41, 5.74) is 3.88. The van der Waals surface area contributed by atoms with Crippen LogP contribution in [0.1, 0.15) is 37.0 Å².